The van der Waals surface area contributed by atoms with E-state index in [0.717, 1.165) is 0 Å². The maximum atomic E-state index is 14.1. The minimum absolute atomic E-state index is 0.106. The maximum Gasteiger partial charge on any atom is 0.439 e. The molecule has 192 valence electrons. The standard InChI is InChI=1S/C9H8F12N2O7S2/c1-22(2-3-29-32(26,27)28)31(24,25)9(20,21)6(14,15)23-4(10,11)7(16,17)30-8(18,19)5(23,12)13/h2-3H2,1H3,(H,26,27,28). The van der Waals surface area contributed by atoms with Gasteiger partial charge < -0.3 is 0 Å². The van der Waals surface area contributed by atoms with Crippen LogP contribution in [0.5, 0.6) is 0 Å². The van der Waals surface area contributed by atoms with Gasteiger partial charge in [-0.2, -0.15) is 65.4 Å². The van der Waals surface area contributed by atoms with Crippen molar-refractivity contribution in [1.82, 2.24) is 9.21 Å². The zero-order chi connectivity index (χ0) is 26.0. The largest absolute Gasteiger partial charge is 0.439 e. The highest BCUT2D eigenvalue weighted by Crippen LogP contribution is 2.61. The summed E-state index contributed by atoms with van der Waals surface area (Å²) >= 11 is 0. The number of morpholine rings is 1. The molecule has 23 heteroatoms. The quantitative estimate of drug-likeness (QED) is 0.279. The van der Waals surface area contributed by atoms with E-state index in [1.54, 1.807) is 4.74 Å². The van der Waals surface area contributed by atoms with Gasteiger partial charge in [-0.25, -0.2) is 17.3 Å². The van der Waals surface area contributed by atoms with Gasteiger partial charge in [0.05, 0.1) is 6.61 Å². The van der Waals surface area contributed by atoms with Gasteiger partial charge in [-0.1, -0.05) is 4.90 Å². The number of hydrogen-bond acceptors (Lipinski definition) is 7. The molecule has 32 heavy (non-hydrogen) atoms. The minimum Gasteiger partial charge on any atom is -0.264 e. The molecule has 0 aromatic heterocycles. The molecule has 0 atom stereocenters. The topological polar surface area (TPSA) is 113 Å². The van der Waals surface area contributed by atoms with Gasteiger partial charge >= 0.3 is 46.0 Å². The van der Waals surface area contributed by atoms with Gasteiger partial charge in [0.2, 0.25) is 0 Å². The molecule has 0 aromatic carbocycles. The average Bonchev–Trinajstić information content (AvgIpc) is 2.49. The zero-order valence-electron chi connectivity index (χ0n) is 14.6. The predicted octanol–water partition coefficient (Wildman–Crippen LogP) is 1.96. The van der Waals surface area contributed by atoms with Gasteiger partial charge in [-0.05, 0) is 0 Å². The highest BCUT2D eigenvalue weighted by atomic mass is 32.3. The average molecular weight is 548 g/mol. The van der Waals surface area contributed by atoms with Crippen LogP contribution in [0.25, 0.3) is 0 Å². The van der Waals surface area contributed by atoms with Crippen molar-refractivity contribution in [3.8, 4) is 0 Å². The van der Waals surface area contributed by atoms with Gasteiger partial charge in [0.25, 0.3) is 10.0 Å². The first-order valence-electron chi connectivity index (χ1n) is 7.05. The summed E-state index contributed by atoms with van der Waals surface area (Å²) in [6.45, 7) is -3.31. The second-order valence-corrected chi connectivity index (χ2v) is 8.87. The van der Waals surface area contributed by atoms with Crippen molar-refractivity contribution in [2.24, 2.45) is 0 Å². The van der Waals surface area contributed by atoms with E-state index in [9.17, 15) is 69.5 Å². The summed E-state index contributed by atoms with van der Waals surface area (Å²) in [5, 5.41) is -7.26. The molecule has 1 fully saturated rings. The lowest BCUT2D eigenvalue weighted by molar-refractivity contribution is -0.590. The van der Waals surface area contributed by atoms with E-state index in [-0.39, 0.29) is 7.05 Å². The van der Waals surface area contributed by atoms with Crippen molar-refractivity contribution >= 4 is 20.4 Å². The van der Waals surface area contributed by atoms with E-state index in [1.165, 1.54) is 0 Å². The lowest BCUT2D eigenvalue weighted by Gasteiger charge is -2.50. The number of halogens is 12. The number of alkyl halides is 12. The van der Waals surface area contributed by atoms with E-state index >= 15 is 0 Å². The second-order valence-electron chi connectivity index (χ2n) is 5.69. The van der Waals surface area contributed by atoms with Crippen LogP contribution >= 0.6 is 0 Å². The molecular formula is C9H8F12N2O7S2. The van der Waals surface area contributed by atoms with Crippen LogP contribution in [0.1, 0.15) is 0 Å². The van der Waals surface area contributed by atoms with E-state index in [0.29, 0.717) is 0 Å². The number of nitrogens with zero attached hydrogens (tertiary/aromatic N) is 2. The molecule has 0 amide bonds. The van der Waals surface area contributed by atoms with Gasteiger partial charge in [0.1, 0.15) is 0 Å². The number of rotatable bonds is 8. The highest BCUT2D eigenvalue weighted by molar-refractivity contribution is 7.90. The van der Waals surface area contributed by atoms with Crippen LogP contribution in [-0.2, 0) is 29.3 Å². The maximum absolute atomic E-state index is 14.1. The Hall–Kier alpha value is -1.14. The molecule has 1 heterocycles. The van der Waals surface area contributed by atoms with E-state index in [4.69, 9.17) is 4.55 Å². The van der Waals surface area contributed by atoms with E-state index in [1.807, 2.05) is 0 Å². The highest BCUT2D eigenvalue weighted by Gasteiger charge is 2.91. The third-order valence-electron chi connectivity index (χ3n) is 3.52. The molecule has 0 aromatic rings. The Labute approximate surface area is 169 Å². The smallest absolute Gasteiger partial charge is 0.264 e. The molecule has 1 N–H and O–H groups in total. The van der Waals surface area contributed by atoms with E-state index < -0.39 is 78.4 Å². The Kier molecular flexibility index (Phi) is 6.95. The molecule has 0 aliphatic carbocycles. The van der Waals surface area contributed by atoms with Gasteiger partial charge in [0.15, 0.2) is 0 Å². The summed E-state index contributed by atoms with van der Waals surface area (Å²) in [5.74, 6) is 0. The fourth-order valence-electron chi connectivity index (χ4n) is 1.95. The Morgan fingerprint density at radius 2 is 1.28 bits per heavy atom. The van der Waals surface area contributed by atoms with Crippen LogP contribution in [0.2, 0.25) is 0 Å². The predicted molar refractivity (Wildman–Crippen MR) is 71.7 cm³/mol. The summed E-state index contributed by atoms with van der Waals surface area (Å²) in [6, 6.07) is -22.4. The lowest BCUT2D eigenvalue weighted by atomic mass is 10.2. The minimum atomic E-state index is -7.69. The van der Waals surface area contributed by atoms with Crippen molar-refractivity contribution in [3.05, 3.63) is 0 Å². The Morgan fingerprint density at radius 3 is 1.62 bits per heavy atom. The third-order valence-corrected chi connectivity index (χ3v) is 5.88. The second kappa shape index (κ2) is 7.69. The number of ether oxygens (including phenoxy) is 1. The zero-order valence-corrected chi connectivity index (χ0v) is 16.2. The fraction of sp³-hybridized carbons (Fsp3) is 1.00. The van der Waals surface area contributed by atoms with Crippen LogP contribution in [0.15, 0.2) is 0 Å². The normalized spacial score (nSPS) is 24.0. The van der Waals surface area contributed by atoms with Crippen LogP contribution < -0.4 is 0 Å². The molecule has 1 rings (SSSR count). The fourth-order valence-corrected chi connectivity index (χ4v) is 3.34. The Bertz CT molecular complexity index is 912. The molecule has 0 saturated carbocycles. The van der Waals surface area contributed by atoms with Crippen LogP contribution in [0.4, 0.5) is 52.7 Å². The van der Waals surface area contributed by atoms with Crippen LogP contribution in [-0.4, -0.2) is 86.4 Å². The van der Waals surface area contributed by atoms with Crippen molar-refractivity contribution < 1.29 is 83.0 Å². The summed E-state index contributed by atoms with van der Waals surface area (Å²) in [4.78, 5) is -3.99. The summed E-state index contributed by atoms with van der Waals surface area (Å²) in [6.07, 6.45) is -13.9. The van der Waals surface area contributed by atoms with Gasteiger partial charge in [-0.3, -0.25) is 4.55 Å². The Balaban J connectivity index is 3.55. The van der Waals surface area contributed by atoms with E-state index in [2.05, 4.69) is 4.18 Å². The van der Waals surface area contributed by atoms with Crippen molar-refractivity contribution in [1.29, 1.82) is 0 Å². The summed E-state index contributed by atoms with van der Waals surface area (Å²) < 4.78 is 219. The monoisotopic (exact) mass is 548 g/mol. The molecule has 1 aliphatic rings. The SMILES string of the molecule is CN(CCOS(=O)(=O)O)S(=O)(=O)C(F)(F)C(F)(F)N1C(F)(F)C(F)(F)OC(F)(F)C1(F)F. The van der Waals surface area contributed by atoms with Gasteiger partial charge in [0, 0.05) is 13.6 Å². The van der Waals surface area contributed by atoms with Crippen LogP contribution in [0.3, 0.4) is 0 Å². The first-order valence-corrected chi connectivity index (χ1v) is 9.86. The molecule has 0 spiro atoms. The summed E-state index contributed by atoms with van der Waals surface area (Å²) in [7, 11) is -12.6. The molecule has 0 bridgehead atoms. The lowest BCUT2D eigenvalue weighted by Crippen LogP contribution is -2.80. The summed E-state index contributed by atoms with van der Waals surface area (Å²) in [5.41, 5.74) is 0. The van der Waals surface area contributed by atoms with Crippen molar-refractivity contribution in [3.63, 3.8) is 0 Å². The number of hydrogen-bond donors (Lipinski definition) is 1. The first-order chi connectivity index (χ1) is 13.7. The molecule has 0 unspecified atom stereocenters. The molecule has 9 nitrogen and oxygen atoms in total. The Morgan fingerprint density at radius 1 is 0.906 bits per heavy atom. The number of likely N-dealkylation sites (N-methyl/N-ethyl adjacent to an activating group) is 1. The van der Waals surface area contributed by atoms with Gasteiger partial charge in [-0.15, -0.1) is 0 Å². The first kappa shape index (κ1) is 28.9. The van der Waals surface area contributed by atoms with Crippen molar-refractivity contribution in [2.75, 3.05) is 20.2 Å². The molecular weight excluding hydrogens is 540 g/mol. The molecule has 0 radical (unpaired) electrons. The third kappa shape index (κ3) is 4.34. The molecule has 1 aliphatic heterocycles. The van der Waals surface area contributed by atoms with Crippen LogP contribution in [0, 0.1) is 0 Å². The number of sulfonamides is 1. The van der Waals surface area contributed by atoms with Crippen molar-refractivity contribution in [2.45, 2.75) is 35.6 Å². The molecule has 1 saturated heterocycles.